The Morgan fingerprint density at radius 1 is 1.47 bits per heavy atom. The maximum Gasteiger partial charge on any atom is 0.294 e. The van der Waals surface area contributed by atoms with Crippen molar-refractivity contribution in [2.75, 3.05) is 13.4 Å². The fourth-order valence-electron chi connectivity index (χ4n) is 1.18. The maximum atomic E-state index is 11.2. The Labute approximate surface area is 118 Å². The third kappa shape index (κ3) is 6.78. The Kier molecular flexibility index (Phi) is 6.59. The van der Waals surface area contributed by atoms with Gasteiger partial charge in [0.1, 0.15) is 6.79 Å². The number of aromatic nitrogens is 1. The monoisotopic (exact) mass is 303 g/mol. The Hall–Kier alpha value is -0.803. The van der Waals surface area contributed by atoms with E-state index in [0.29, 0.717) is 17.3 Å². The summed E-state index contributed by atoms with van der Waals surface area (Å²) in [5.41, 5.74) is 2.75. The predicted octanol–water partition coefficient (Wildman–Crippen LogP) is 1.58. The van der Waals surface area contributed by atoms with Crippen LogP contribution in [0.1, 0.15) is 15.5 Å². The van der Waals surface area contributed by atoms with Crippen LogP contribution in [0.25, 0.3) is 0 Å². The Bertz CT molecular complexity index is 406. The second-order valence-corrected chi connectivity index (χ2v) is 11.8. The molecule has 108 valence electrons. The van der Waals surface area contributed by atoms with E-state index in [2.05, 4.69) is 24.6 Å². The maximum absolute atomic E-state index is 11.2. The Morgan fingerprint density at radius 2 is 2.21 bits per heavy atom. The molecule has 0 aliphatic carbocycles. The first-order valence-electron chi connectivity index (χ1n) is 6.03. The molecule has 0 fully saturated rings. The van der Waals surface area contributed by atoms with E-state index in [0.717, 1.165) is 12.7 Å². The second kappa shape index (κ2) is 7.71. The van der Waals surface area contributed by atoms with Crippen molar-refractivity contribution < 1.29 is 14.3 Å². The standard InChI is InChI=1S/C11H21N3O3SSi/c1-19(2,3)5-4-16-8-17-6-9-7-18-11(13-9)10(15)14-12/h7H,4-6,8,12H2,1-3H3,(H,14,15). The van der Waals surface area contributed by atoms with Crippen LogP contribution in [0.2, 0.25) is 25.7 Å². The molecule has 0 aromatic carbocycles. The van der Waals surface area contributed by atoms with Crippen LogP contribution in [0.5, 0.6) is 0 Å². The zero-order valence-electron chi connectivity index (χ0n) is 11.6. The zero-order chi connectivity index (χ0) is 14.3. The minimum Gasteiger partial charge on any atom is -0.356 e. The van der Waals surface area contributed by atoms with Gasteiger partial charge in [-0.05, 0) is 6.04 Å². The van der Waals surface area contributed by atoms with Crippen molar-refractivity contribution in [3.8, 4) is 0 Å². The first-order chi connectivity index (χ1) is 8.92. The van der Waals surface area contributed by atoms with Gasteiger partial charge in [-0.3, -0.25) is 10.2 Å². The van der Waals surface area contributed by atoms with Gasteiger partial charge in [0.2, 0.25) is 0 Å². The average Bonchev–Trinajstić information content (AvgIpc) is 2.80. The molecular formula is C11H21N3O3SSi. The first kappa shape index (κ1) is 16.3. The molecule has 19 heavy (non-hydrogen) atoms. The molecule has 1 amide bonds. The van der Waals surface area contributed by atoms with Crippen LogP contribution in [0.15, 0.2) is 5.38 Å². The van der Waals surface area contributed by atoms with Crippen LogP contribution in [0.3, 0.4) is 0 Å². The summed E-state index contributed by atoms with van der Waals surface area (Å²) >= 11 is 1.24. The molecule has 0 atom stereocenters. The van der Waals surface area contributed by atoms with E-state index in [9.17, 15) is 4.79 Å². The van der Waals surface area contributed by atoms with Crippen molar-refractivity contribution in [2.45, 2.75) is 32.3 Å². The van der Waals surface area contributed by atoms with Gasteiger partial charge in [-0.25, -0.2) is 10.8 Å². The highest BCUT2D eigenvalue weighted by Gasteiger charge is 2.12. The van der Waals surface area contributed by atoms with E-state index in [4.69, 9.17) is 15.3 Å². The lowest BCUT2D eigenvalue weighted by atomic mass is 10.5. The van der Waals surface area contributed by atoms with Gasteiger partial charge in [0.25, 0.3) is 5.91 Å². The SMILES string of the molecule is C[Si](C)(C)CCOCOCc1csc(C(=O)NN)n1. The van der Waals surface area contributed by atoms with Crippen LogP contribution in [-0.4, -0.2) is 32.4 Å². The smallest absolute Gasteiger partial charge is 0.294 e. The second-order valence-electron chi connectivity index (χ2n) is 5.30. The zero-order valence-corrected chi connectivity index (χ0v) is 13.4. The van der Waals surface area contributed by atoms with E-state index in [1.54, 1.807) is 5.38 Å². The molecule has 0 unspecified atom stereocenters. The van der Waals surface area contributed by atoms with E-state index >= 15 is 0 Å². The number of hydrazine groups is 1. The van der Waals surface area contributed by atoms with Crippen LogP contribution >= 0.6 is 11.3 Å². The van der Waals surface area contributed by atoms with E-state index in [-0.39, 0.29) is 12.7 Å². The highest BCUT2D eigenvalue weighted by atomic mass is 32.1. The number of ether oxygens (including phenoxy) is 2. The molecule has 8 heteroatoms. The third-order valence-corrected chi connectivity index (χ3v) is 4.88. The highest BCUT2D eigenvalue weighted by Crippen LogP contribution is 2.11. The van der Waals surface area contributed by atoms with Gasteiger partial charge in [-0.2, -0.15) is 0 Å². The first-order valence-corrected chi connectivity index (χ1v) is 10.6. The van der Waals surface area contributed by atoms with Gasteiger partial charge in [0, 0.05) is 20.1 Å². The summed E-state index contributed by atoms with van der Waals surface area (Å²) in [6.07, 6.45) is 0. The number of carbonyl (C=O) groups excluding carboxylic acids is 1. The fraction of sp³-hybridized carbons (Fsp3) is 0.636. The number of thiazole rings is 1. The number of hydrogen-bond donors (Lipinski definition) is 2. The molecule has 1 aromatic heterocycles. The molecule has 6 nitrogen and oxygen atoms in total. The molecule has 0 aliphatic heterocycles. The summed E-state index contributed by atoms with van der Waals surface area (Å²) in [6.45, 7) is 8.22. The summed E-state index contributed by atoms with van der Waals surface area (Å²) in [4.78, 5) is 15.3. The Balaban J connectivity index is 2.16. The summed E-state index contributed by atoms with van der Waals surface area (Å²) in [7, 11) is -1.04. The molecule has 0 spiro atoms. The van der Waals surface area contributed by atoms with Crippen LogP contribution in [0, 0.1) is 0 Å². The minimum absolute atomic E-state index is 0.250. The minimum atomic E-state index is -1.04. The quantitative estimate of drug-likeness (QED) is 0.190. The van der Waals surface area contributed by atoms with Crippen molar-refractivity contribution in [1.29, 1.82) is 0 Å². The number of nitrogens with two attached hydrogens (primary N) is 1. The number of amides is 1. The van der Waals surface area contributed by atoms with Crippen molar-refractivity contribution in [3.05, 3.63) is 16.1 Å². The molecule has 0 saturated heterocycles. The summed E-state index contributed by atoms with van der Waals surface area (Å²) in [6, 6.07) is 1.12. The lowest BCUT2D eigenvalue weighted by Gasteiger charge is -2.15. The number of carbonyl (C=O) groups is 1. The van der Waals surface area contributed by atoms with Crippen molar-refractivity contribution in [2.24, 2.45) is 5.84 Å². The van der Waals surface area contributed by atoms with Gasteiger partial charge in [-0.1, -0.05) is 19.6 Å². The lowest BCUT2D eigenvalue weighted by Crippen LogP contribution is -2.29. The van der Waals surface area contributed by atoms with Gasteiger partial charge in [0.15, 0.2) is 5.01 Å². The van der Waals surface area contributed by atoms with Gasteiger partial charge in [0.05, 0.1) is 12.3 Å². The number of rotatable bonds is 8. The number of nitrogens with zero attached hydrogens (tertiary/aromatic N) is 1. The Morgan fingerprint density at radius 3 is 2.84 bits per heavy atom. The van der Waals surface area contributed by atoms with Crippen LogP contribution in [-0.2, 0) is 16.1 Å². The van der Waals surface area contributed by atoms with Crippen LogP contribution < -0.4 is 11.3 Å². The summed E-state index contributed by atoms with van der Waals surface area (Å²) in [5.74, 6) is 4.64. The molecule has 1 rings (SSSR count). The molecule has 3 N–H and O–H groups in total. The highest BCUT2D eigenvalue weighted by molar-refractivity contribution is 7.11. The van der Waals surface area contributed by atoms with E-state index in [1.807, 2.05) is 5.43 Å². The molecule has 0 bridgehead atoms. The average molecular weight is 303 g/mol. The summed E-state index contributed by atoms with van der Waals surface area (Å²) < 4.78 is 10.7. The molecule has 0 aliphatic rings. The van der Waals surface area contributed by atoms with Gasteiger partial charge >= 0.3 is 0 Å². The predicted molar refractivity (Wildman–Crippen MR) is 77.5 cm³/mol. The van der Waals surface area contributed by atoms with Crippen LogP contribution in [0.4, 0.5) is 0 Å². The molecule has 1 aromatic rings. The lowest BCUT2D eigenvalue weighted by molar-refractivity contribution is -0.0581. The molecular weight excluding hydrogens is 282 g/mol. The molecule has 1 heterocycles. The molecule has 0 saturated carbocycles. The van der Waals surface area contributed by atoms with Crippen molar-refractivity contribution >= 4 is 25.3 Å². The third-order valence-electron chi connectivity index (χ3n) is 2.29. The number of nitrogens with one attached hydrogen (secondary N) is 1. The van der Waals surface area contributed by atoms with Gasteiger partial charge in [-0.15, -0.1) is 11.3 Å². The number of nitrogen functional groups attached to an aromatic ring is 1. The largest absolute Gasteiger partial charge is 0.356 e. The van der Waals surface area contributed by atoms with Crippen molar-refractivity contribution in [1.82, 2.24) is 10.4 Å². The number of hydrogen-bond acceptors (Lipinski definition) is 6. The normalized spacial score (nSPS) is 11.6. The van der Waals surface area contributed by atoms with Gasteiger partial charge < -0.3 is 9.47 Å². The molecule has 0 radical (unpaired) electrons. The topological polar surface area (TPSA) is 86.5 Å². The van der Waals surface area contributed by atoms with E-state index in [1.165, 1.54) is 11.3 Å². The van der Waals surface area contributed by atoms with Crippen molar-refractivity contribution in [3.63, 3.8) is 0 Å². The van der Waals surface area contributed by atoms with E-state index < -0.39 is 8.07 Å². The summed E-state index contributed by atoms with van der Waals surface area (Å²) in [5, 5.41) is 2.10. The fourth-order valence-corrected chi connectivity index (χ4v) is 2.64.